The molecule has 0 spiro atoms. The van der Waals surface area contributed by atoms with Crippen molar-refractivity contribution in [2.24, 2.45) is 5.73 Å². The number of benzene rings is 1. The van der Waals surface area contributed by atoms with Crippen LogP contribution in [-0.4, -0.2) is 39.8 Å². The predicted molar refractivity (Wildman–Crippen MR) is 77.6 cm³/mol. The molecule has 2 bridgehead atoms. The molecule has 3 rings (SSSR count). The van der Waals surface area contributed by atoms with Crippen molar-refractivity contribution in [3.8, 4) is 5.75 Å². The van der Waals surface area contributed by atoms with E-state index in [1.54, 1.807) is 24.3 Å². The largest absolute Gasteiger partial charge is 0.492 e. The second-order valence-corrected chi connectivity index (χ2v) is 7.16. The van der Waals surface area contributed by atoms with Gasteiger partial charge in [0.25, 0.3) is 0 Å². The summed E-state index contributed by atoms with van der Waals surface area (Å²) in [4.78, 5) is 0.241. The molecule has 6 nitrogen and oxygen atoms in total. The van der Waals surface area contributed by atoms with Gasteiger partial charge in [0.15, 0.2) is 0 Å². The van der Waals surface area contributed by atoms with Crippen molar-refractivity contribution in [3.63, 3.8) is 0 Å². The van der Waals surface area contributed by atoms with E-state index in [2.05, 4.69) is 4.72 Å². The zero-order valence-electron chi connectivity index (χ0n) is 11.7. The van der Waals surface area contributed by atoms with E-state index in [0.717, 1.165) is 19.3 Å². The third-order valence-corrected chi connectivity index (χ3v) is 5.44. The lowest BCUT2D eigenvalue weighted by Crippen LogP contribution is -2.41. The first-order valence-corrected chi connectivity index (χ1v) is 8.67. The molecule has 2 heterocycles. The lowest BCUT2D eigenvalue weighted by atomic mass is 9.96. The summed E-state index contributed by atoms with van der Waals surface area (Å²) in [5.74, 6) is 0.614. The van der Waals surface area contributed by atoms with Gasteiger partial charge in [-0.2, -0.15) is 0 Å². The van der Waals surface area contributed by atoms with Crippen molar-refractivity contribution in [1.82, 2.24) is 4.72 Å². The predicted octanol–water partition coefficient (Wildman–Crippen LogP) is 0.622. The third-order valence-electron chi connectivity index (χ3n) is 3.93. The van der Waals surface area contributed by atoms with Crippen LogP contribution in [0.4, 0.5) is 0 Å². The van der Waals surface area contributed by atoms with Gasteiger partial charge in [0.2, 0.25) is 10.0 Å². The van der Waals surface area contributed by atoms with Crippen LogP contribution < -0.4 is 15.2 Å². The van der Waals surface area contributed by atoms with Crippen LogP contribution in [0.25, 0.3) is 0 Å². The topological polar surface area (TPSA) is 90.7 Å². The van der Waals surface area contributed by atoms with E-state index in [1.165, 1.54) is 0 Å². The van der Waals surface area contributed by atoms with Crippen LogP contribution in [0.15, 0.2) is 29.2 Å². The smallest absolute Gasteiger partial charge is 0.240 e. The van der Waals surface area contributed by atoms with Gasteiger partial charge in [-0.25, -0.2) is 13.1 Å². The summed E-state index contributed by atoms with van der Waals surface area (Å²) in [5.41, 5.74) is 5.35. The van der Waals surface area contributed by atoms with Crippen LogP contribution in [-0.2, 0) is 14.8 Å². The Balaban J connectivity index is 1.67. The van der Waals surface area contributed by atoms with Gasteiger partial charge in [0.1, 0.15) is 12.4 Å². The average molecular weight is 312 g/mol. The van der Waals surface area contributed by atoms with Crippen molar-refractivity contribution < 1.29 is 17.9 Å². The molecule has 1 aromatic carbocycles. The van der Waals surface area contributed by atoms with Crippen LogP contribution in [0.3, 0.4) is 0 Å². The minimum Gasteiger partial charge on any atom is -0.492 e. The highest BCUT2D eigenvalue weighted by atomic mass is 32.2. The van der Waals surface area contributed by atoms with Crippen LogP contribution in [0.1, 0.15) is 19.3 Å². The monoisotopic (exact) mass is 312 g/mol. The average Bonchev–Trinajstić information content (AvgIpc) is 3.07. The SMILES string of the molecule is NCCOc1ccc(S(=O)(=O)NC2CC3CCC2O3)cc1. The fourth-order valence-electron chi connectivity index (χ4n) is 2.92. The van der Waals surface area contributed by atoms with Crippen LogP contribution in [0, 0.1) is 0 Å². The Morgan fingerprint density at radius 1 is 1.29 bits per heavy atom. The summed E-state index contributed by atoms with van der Waals surface area (Å²) in [6.07, 6.45) is 2.98. The quantitative estimate of drug-likeness (QED) is 0.804. The van der Waals surface area contributed by atoms with Crippen LogP contribution in [0.2, 0.25) is 0 Å². The number of nitrogens with two attached hydrogens (primary N) is 1. The molecular weight excluding hydrogens is 292 g/mol. The van der Waals surface area contributed by atoms with Crippen molar-refractivity contribution >= 4 is 10.0 Å². The minimum atomic E-state index is -3.51. The van der Waals surface area contributed by atoms with Gasteiger partial charge in [-0.15, -0.1) is 0 Å². The highest BCUT2D eigenvalue weighted by Gasteiger charge is 2.42. The summed E-state index contributed by atoms with van der Waals surface area (Å²) in [7, 11) is -3.51. The van der Waals surface area contributed by atoms with E-state index < -0.39 is 10.0 Å². The molecule has 3 atom stereocenters. The molecule has 0 radical (unpaired) electrons. The molecule has 1 aromatic rings. The van der Waals surface area contributed by atoms with Gasteiger partial charge in [0.05, 0.1) is 23.1 Å². The Labute approximate surface area is 124 Å². The fourth-order valence-corrected chi connectivity index (χ4v) is 4.20. The number of hydrogen-bond donors (Lipinski definition) is 2. The molecule has 7 heteroatoms. The number of fused-ring (bicyclic) bond motifs is 2. The number of sulfonamides is 1. The van der Waals surface area contributed by atoms with Gasteiger partial charge in [-0.1, -0.05) is 0 Å². The van der Waals surface area contributed by atoms with E-state index in [9.17, 15) is 8.42 Å². The van der Waals surface area contributed by atoms with Gasteiger partial charge in [0, 0.05) is 6.54 Å². The van der Waals surface area contributed by atoms with E-state index >= 15 is 0 Å². The van der Waals surface area contributed by atoms with Crippen molar-refractivity contribution in [1.29, 1.82) is 0 Å². The Morgan fingerprint density at radius 3 is 2.62 bits per heavy atom. The molecule has 2 aliphatic rings. The van der Waals surface area contributed by atoms with Crippen molar-refractivity contribution in [2.45, 2.75) is 42.4 Å². The molecule has 0 saturated carbocycles. The first-order valence-electron chi connectivity index (χ1n) is 7.19. The lowest BCUT2D eigenvalue weighted by Gasteiger charge is -2.20. The summed E-state index contributed by atoms with van der Waals surface area (Å²) in [5, 5.41) is 0. The molecule has 2 fully saturated rings. The zero-order valence-corrected chi connectivity index (χ0v) is 12.5. The van der Waals surface area contributed by atoms with Crippen LogP contribution >= 0.6 is 0 Å². The zero-order chi connectivity index (χ0) is 14.9. The number of hydrogen-bond acceptors (Lipinski definition) is 5. The van der Waals surface area contributed by atoms with Crippen molar-refractivity contribution in [3.05, 3.63) is 24.3 Å². The van der Waals surface area contributed by atoms with E-state index in [-0.39, 0.29) is 23.1 Å². The number of rotatable bonds is 6. The molecular formula is C14H20N2O4S. The maximum absolute atomic E-state index is 12.4. The lowest BCUT2D eigenvalue weighted by molar-refractivity contribution is 0.0996. The molecule has 2 saturated heterocycles. The molecule has 0 aliphatic carbocycles. The molecule has 2 aliphatic heterocycles. The summed E-state index contributed by atoms with van der Waals surface area (Å²) < 4.78 is 38.5. The maximum atomic E-state index is 12.4. The van der Waals surface area contributed by atoms with Gasteiger partial charge < -0.3 is 15.2 Å². The van der Waals surface area contributed by atoms with Gasteiger partial charge in [-0.05, 0) is 43.5 Å². The highest BCUT2D eigenvalue weighted by molar-refractivity contribution is 7.89. The normalized spacial score (nSPS) is 28.0. The molecule has 116 valence electrons. The second kappa shape index (κ2) is 5.92. The van der Waals surface area contributed by atoms with Gasteiger partial charge in [-0.3, -0.25) is 0 Å². The first-order chi connectivity index (χ1) is 10.1. The fraction of sp³-hybridized carbons (Fsp3) is 0.571. The standard InChI is InChI=1S/C14H20N2O4S/c15-7-8-19-10-1-4-12(5-2-10)21(17,18)16-13-9-11-3-6-14(13)20-11/h1-2,4-5,11,13-14,16H,3,6-9,15H2. The third kappa shape index (κ3) is 3.21. The van der Waals surface area contributed by atoms with Crippen LogP contribution in [0.5, 0.6) is 5.75 Å². The number of nitrogens with one attached hydrogen (secondary N) is 1. The van der Waals surface area contributed by atoms with E-state index in [1.807, 2.05) is 0 Å². The summed E-state index contributed by atoms with van der Waals surface area (Å²) in [6.45, 7) is 0.832. The van der Waals surface area contributed by atoms with E-state index in [0.29, 0.717) is 18.9 Å². The second-order valence-electron chi connectivity index (χ2n) is 5.45. The summed E-state index contributed by atoms with van der Waals surface area (Å²) in [6, 6.07) is 6.26. The number of ether oxygens (including phenoxy) is 2. The molecule has 3 unspecified atom stereocenters. The molecule has 3 N–H and O–H groups in total. The summed E-state index contributed by atoms with van der Waals surface area (Å²) >= 11 is 0. The molecule has 0 aromatic heterocycles. The molecule has 0 amide bonds. The maximum Gasteiger partial charge on any atom is 0.240 e. The Bertz CT molecular complexity index is 587. The first kappa shape index (κ1) is 14.8. The Morgan fingerprint density at radius 2 is 2.05 bits per heavy atom. The van der Waals surface area contributed by atoms with E-state index in [4.69, 9.17) is 15.2 Å². The van der Waals surface area contributed by atoms with Gasteiger partial charge >= 0.3 is 0 Å². The Hall–Kier alpha value is -1.15. The Kier molecular flexibility index (Phi) is 4.17. The molecule has 21 heavy (non-hydrogen) atoms. The minimum absolute atomic E-state index is 0.0249. The van der Waals surface area contributed by atoms with Crippen molar-refractivity contribution in [2.75, 3.05) is 13.2 Å². The highest BCUT2D eigenvalue weighted by Crippen LogP contribution is 2.35.